The van der Waals surface area contributed by atoms with Gasteiger partial charge in [-0.15, -0.1) is 0 Å². The first-order valence-corrected chi connectivity index (χ1v) is 6.56. The molecule has 1 saturated carbocycles. The molecule has 1 aliphatic heterocycles. The topological polar surface area (TPSA) is 70.9 Å². The summed E-state index contributed by atoms with van der Waals surface area (Å²) in [5.74, 6) is 0.244. The number of hydrogen-bond donors (Lipinski definition) is 0. The van der Waals surface area contributed by atoms with Crippen molar-refractivity contribution in [2.45, 2.75) is 39.2 Å². The van der Waals surface area contributed by atoms with Gasteiger partial charge >= 0.3 is 5.97 Å². The third-order valence-corrected chi connectivity index (χ3v) is 4.46. The predicted octanol–water partition coefficient (Wildman–Crippen LogP) is 2.81. The fourth-order valence-electron chi connectivity index (χ4n) is 3.50. The number of rotatable bonds is 1. The summed E-state index contributed by atoms with van der Waals surface area (Å²) in [6, 6.07) is 1.89. The Bertz CT molecular complexity index is 488. The van der Waals surface area contributed by atoms with Crippen LogP contribution in [0, 0.1) is 11.3 Å². The molecule has 0 amide bonds. The Kier molecular flexibility index (Phi) is 3.54. The van der Waals surface area contributed by atoms with Crippen LogP contribution in [0.4, 0.5) is 0 Å². The van der Waals surface area contributed by atoms with Crippen LogP contribution in [0.2, 0.25) is 0 Å². The Morgan fingerprint density at radius 3 is 2.89 bits per heavy atom. The number of ether oxygens (including phenoxy) is 1. The minimum atomic E-state index is -0.220. The minimum Gasteiger partial charge on any atom is -0.472 e. The highest BCUT2D eigenvalue weighted by Gasteiger charge is 2.47. The predicted molar refractivity (Wildman–Crippen MR) is 70.4 cm³/mol. The average molecular weight is 264 g/mol. The minimum absolute atomic E-state index is 0. The highest BCUT2D eigenvalue weighted by Crippen LogP contribution is 2.54. The average Bonchev–Trinajstić information content (AvgIpc) is 2.84. The van der Waals surface area contributed by atoms with Gasteiger partial charge < -0.3 is 14.6 Å². The van der Waals surface area contributed by atoms with Crippen molar-refractivity contribution in [2.24, 2.45) is 11.3 Å². The molecule has 1 aliphatic carbocycles. The fraction of sp³-hybridized carbons (Fsp3) is 0.533. The van der Waals surface area contributed by atoms with E-state index in [1.165, 1.54) is 12.0 Å². The zero-order chi connectivity index (χ0) is 12.8. The quantitative estimate of drug-likeness (QED) is 0.732. The molecular formula is C15H20O4. The van der Waals surface area contributed by atoms with E-state index in [9.17, 15) is 4.79 Å². The fourth-order valence-corrected chi connectivity index (χ4v) is 3.50. The molecule has 19 heavy (non-hydrogen) atoms. The monoisotopic (exact) mass is 264 g/mol. The van der Waals surface area contributed by atoms with Crippen molar-refractivity contribution in [3.63, 3.8) is 0 Å². The molecule has 4 nitrogen and oxygen atoms in total. The zero-order valence-electron chi connectivity index (χ0n) is 11.3. The molecule has 0 saturated heterocycles. The Balaban J connectivity index is 0.00000133. The third kappa shape index (κ3) is 2.10. The second-order valence-corrected chi connectivity index (χ2v) is 5.68. The molecule has 2 N–H and O–H groups in total. The van der Waals surface area contributed by atoms with Crippen molar-refractivity contribution in [1.82, 2.24) is 0 Å². The van der Waals surface area contributed by atoms with Crippen LogP contribution in [-0.4, -0.2) is 11.4 Å². The highest BCUT2D eigenvalue weighted by atomic mass is 16.5. The molecular weight excluding hydrogens is 244 g/mol. The molecule has 3 atom stereocenters. The summed E-state index contributed by atoms with van der Waals surface area (Å²) in [5, 5.41) is 0. The van der Waals surface area contributed by atoms with Crippen LogP contribution in [0.3, 0.4) is 0 Å². The second kappa shape index (κ2) is 4.85. The van der Waals surface area contributed by atoms with Crippen molar-refractivity contribution in [3.05, 3.63) is 35.8 Å². The molecule has 1 aromatic heterocycles. The lowest BCUT2D eigenvalue weighted by atomic mass is 9.62. The maximum absolute atomic E-state index is 11.8. The summed E-state index contributed by atoms with van der Waals surface area (Å²) in [6.45, 7) is 4.41. The first kappa shape index (κ1) is 13.9. The number of esters is 1. The van der Waals surface area contributed by atoms with Crippen LogP contribution in [-0.2, 0) is 9.53 Å². The number of hydrogen-bond acceptors (Lipinski definition) is 3. The molecule has 3 rings (SSSR count). The van der Waals surface area contributed by atoms with Gasteiger partial charge in [0.15, 0.2) is 0 Å². The van der Waals surface area contributed by atoms with Crippen LogP contribution in [0.1, 0.15) is 44.8 Å². The van der Waals surface area contributed by atoms with Gasteiger partial charge in [0, 0.05) is 17.1 Å². The van der Waals surface area contributed by atoms with E-state index in [0.29, 0.717) is 5.92 Å². The van der Waals surface area contributed by atoms with Crippen molar-refractivity contribution in [2.75, 3.05) is 0 Å². The van der Waals surface area contributed by atoms with E-state index in [-0.39, 0.29) is 23.0 Å². The Morgan fingerprint density at radius 2 is 2.21 bits per heavy atom. The Morgan fingerprint density at radius 1 is 1.42 bits per heavy atom. The van der Waals surface area contributed by atoms with Crippen molar-refractivity contribution >= 4 is 5.97 Å². The Hall–Kier alpha value is -1.55. The van der Waals surface area contributed by atoms with Crippen molar-refractivity contribution in [3.8, 4) is 0 Å². The normalized spacial score (nSPS) is 33.8. The number of cyclic esters (lactones) is 1. The van der Waals surface area contributed by atoms with Gasteiger partial charge in [0.25, 0.3) is 0 Å². The summed E-state index contributed by atoms with van der Waals surface area (Å²) in [7, 11) is 0. The molecule has 0 bridgehead atoms. The van der Waals surface area contributed by atoms with E-state index in [2.05, 4.69) is 13.8 Å². The molecule has 1 aromatic rings. The van der Waals surface area contributed by atoms with Gasteiger partial charge in [-0.2, -0.15) is 0 Å². The lowest BCUT2D eigenvalue weighted by molar-refractivity contribution is -0.153. The van der Waals surface area contributed by atoms with Crippen LogP contribution in [0.25, 0.3) is 0 Å². The molecule has 4 heteroatoms. The molecule has 2 heterocycles. The van der Waals surface area contributed by atoms with Crippen LogP contribution >= 0.6 is 0 Å². The zero-order valence-corrected chi connectivity index (χ0v) is 11.3. The molecule has 104 valence electrons. The molecule has 2 aliphatic rings. The molecule has 0 radical (unpaired) electrons. The largest absolute Gasteiger partial charge is 0.472 e. The lowest BCUT2D eigenvalue weighted by Crippen LogP contribution is -2.39. The Labute approximate surface area is 112 Å². The van der Waals surface area contributed by atoms with Crippen LogP contribution < -0.4 is 0 Å². The number of carbonyl (C=O) groups is 1. The van der Waals surface area contributed by atoms with Gasteiger partial charge in [-0.3, -0.25) is 0 Å². The van der Waals surface area contributed by atoms with E-state index < -0.39 is 0 Å². The summed E-state index contributed by atoms with van der Waals surface area (Å²) < 4.78 is 10.7. The van der Waals surface area contributed by atoms with Gasteiger partial charge in [0.05, 0.1) is 12.5 Å². The standard InChI is InChI=1S/C15H18O3.H2O/c1-10-4-3-6-15(2)12(10)8-13(16)18-14(15)11-5-7-17-9-11;/h5,7-10,14H,3-4,6H2,1-2H3;1H2/t10-,14-,15+;/m0./s1. The van der Waals surface area contributed by atoms with Gasteiger partial charge in [0.2, 0.25) is 0 Å². The van der Waals surface area contributed by atoms with E-state index in [0.717, 1.165) is 18.4 Å². The molecule has 0 aromatic carbocycles. The molecule has 0 spiro atoms. The van der Waals surface area contributed by atoms with Gasteiger partial charge in [0.1, 0.15) is 6.10 Å². The third-order valence-electron chi connectivity index (χ3n) is 4.46. The first-order valence-electron chi connectivity index (χ1n) is 6.56. The number of carbonyl (C=O) groups excluding carboxylic acids is 1. The summed E-state index contributed by atoms with van der Waals surface area (Å²) >= 11 is 0. The van der Waals surface area contributed by atoms with Gasteiger partial charge in [-0.05, 0) is 24.8 Å². The van der Waals surface area contributed by atoms with Crippen molar-refractivity contribution < 1.29 is 19.4 Å². The smallest absolute Gasteiger partial charge is 0.331 e. The maximum Gasteiger partial charge on any atom is 0.331 e. The first-order chi connectivity index (χ1) is 8.61. The summed E-state index contributed by atoms with van der Waals surface area (Å²) in [4.78, 5) is 11.8. The summed E-state index contributed by atoms with van der Waals surface area (Å²) in [5.41, 5.74) is 2.14. The van der Waals surface area contributed by atoms with E-state index in [1.54, 1.807) is 18.6 Å². The molecule has 1 fully saturated rings. The van der Waals surface area contributed by atoms with E-state index in [1.807, 2.05) is 6.07 Å². The van der Waals surface area contributed by atoms with Gasteiger partial charge in [-0.25, -0.2) is 4.79 Å². The highest BCUT2D eigenvalue weighted by molar-refractivity contribution is 5.84. The number of fused-ring (bicyclic) bond motifs is 1. The SMILES string of the molecule is C[C@H]1CCC[C@]2(C)C1=CC(=O)O[C@H]2c1ccoc1.O. The van der Waals surface area contributed by atoms with E-state index in [4.69, 9.17) is 9.15 Å². The van der Waals surface area contributed by atoms with Crippen LogP contribution in [0.5, 0.6) is 0 Å². The van der Waals surface area contributed by atoms with Crippen LogP contribution in [0.15, 0.2) is 34.7 Å². The lowest BCUT2D eigenvalue weighted by Gasteiger charge is -2.46. The van der Waals surface area contributed by atoms with Gasteiger partial charge in [-0.1, -0.05) is 25.8 Å². The van der Waals surface area contributed by atoms with E-state index >= 15 is 0 Å². The summed E-state index contributed by atoms with van der Waals surface area (Å²) in [6.07, 6.45) is 8.23. The molecule has 0 unspecified atom stereocenters. The number of furan rings is 1. The maximum atomic E-state index is 11.8. The second-order valence-electron chi connectivity index (χ2n) is 5.68. The van der Waals surface area contributed by atoms with Crippen molar-refractivity contribution in [1.29, 1.82) is 0 Å².